The maximum absolute atomic E-state index is 12.2. The van der Waals surface area contributed by atoms with Crippen LogP contribution < -0.4 is 24.2 Å². The molecule has 0 aromatic heterocycles. The Morgan fingerprint density at radius 2 is 1.84 bits per heavy atom. The molecule has 132 valence electrons. The fourth-order valence-electron chi connectivity index (χ4n) is 2.18. The fourth-order valence-corrected chi connectivity index (χ4v) is 3.16. The molecule has 9 heteroatoms. The first-order valence-corrected chi connectivity index (χ1v) is 8.79. The van der Waals surface area contributed by atoms with Crippen molar-refractivity contribution in [3.63, 3.8) is 0 Å². The van der Waals surface area contributed by atoms with Gasteiger partial charge in [-0.3, -0.25) is 4.79 Å². The molecule has 1 aliphatic rings. The van der Waals surface area contributed by atoms with Crippen molar-refractivity contribution in [1.82, 2.24) is 4.72 Å². The lowest BCUT2D eigenvalue weighted by Gasteiger charge is -2.09. The van der Waals surface area contributed by atoms with Crippen molar-refractivity contribution >= 4 is 21.6 Å². The van der Waals surface area contributed by atoms with Crippen LogP contribution in [-0.2, 0) is 14.8 Å². The third-order valence-corrected chi connectivity index (χ3v) is 4.87. The van der Waals surface area contributed by atoms with Crippen molar-refractivity contribution in [3.05, 3.63) is 42.5 Å². The van der Waals surface area contributed by atoms with Crippen molar-refractivity contribution in [3.8, 4) is 17.2 Å². The Bertz CT molecular complexity index is 880. The van der Waals surface area contributed by atoms with Crippen molar-refractivity contribution in [2.75, 3.05) is 25.8 Å². The molecule has 1 heterocycles. The summed E-state index contributed by atoms with van der Waals surface area (Å²) >= 11 is 0. The van der Waals surface area contributed by atoms with Crippen LogP contribution in [0.1, 0.15) is 0 Å². The Hall–Kier alpha value is -2.78. The molecule has 0 spiro atoms. The molecule has 0 atom stereocenters. The molecule has 2 N–H and O–H groups in total. The molecule has 2 aromatic rings. The van der Waals surface area contributed by atoms with E-state index in [0.717, 1.165) is 0 Å². The highest BCUT2D eigenvalue weighted by molar-refractivity contribution is 7.89. The van der Waals surface area contributed by atoms with E-state index in [1.807, 2.05) is 0 Å². The van der Waals surface area contributed by atoms with E-state index >= 15 is 0 Å². The van der Waals surface area contributed by atoms with E-state index in [4.69, 9.17) is 14.2 Å². The van der Waals surface area contributed by atoms with Gasteiger partial charge in [0, 0.05) is 11.8 Å². The van der Waals surface area contributed by atoms with E-state index in [-0.39, 0.29) is 11.7 Å². The van der Waals surface area contributed by atoms with Crippen molar-refractivity contribution in [2.45, 2.75) is 4.90 Å². The molecule has 0 bridgehead atoms. The van der Waals surface area contributed by atoms with Crippen molar-refractivity contribution in [1.29, 1.82) is 0 Å². The molecule has 0 fully saturated rings. The number of carbonyl (C=O) groups excluding carboxylic acids is 1. The van der Waals surface area contributed by atoms with Gasteiger partial charge in [0.2, 0.25) is 22.7 Å². The largest absolute Gasteiger partial charge is 0.497 e. The predicted octanol–water partition coefficient (Wildman–Crippen LogP) is 1.34. The highest BCUT2D eigenvalue weighted by Gasteiger charge is 2.17. The minimum absolute atomic E-state index is 0.0455. The van der Waals surface area contributed by atoms with E-state index in [0.29, 0.717) is 22.9 Å². The van der Waals surface area contributed by atoms with Crippen LogP contribution >= 0.6 is 0 Å². The predicted molar refractivity (Wildman–Crippen MR) is 89.4 cm³/mol. The van der Waals surface area contributed by atoms with Gasteiger partial charge in [0.25, 0.3) is 0 Å². The lowest BCUT2D eigenvalue weighted by atomic mass is 10.3. The zero-order chi connectivity index (χ0) is 17.9. The standard InChI is InChI=1S/C16H16N2O6S/c1-22-12-3-5-13(6-4-12)25(20,21)17-9-16(19)18-11-2-7-14-15(8-11)24-10-23-14/h2-8,17H,9-10H2,1H3,(H,18,19). The molecular weight excluding hydrogens is 348 g/mol. The van der Waals surface area contributed by atoms with Crippen molar-refractivity contribution < 1.29 is 27.4 Å². The molecule has 3 rings (SSSR count). The minimum Gasteiger partial charge on any atom is -0.497 e. The Balaban J connectivity index is 1.59. The molecule has 0 aliphatic carbocycles. The minimum atomic E-state index is -3.79. The second-order valence-corrected chi connectivity index (χ2v) is 6.88. The van der Waals surface area contributed by atoms with Gasteiger partial charge in [-0.2, -0.15) is 0 Å². The van der Waals surface area contributed by atoms with Crippen LogP contribution in [0.15, 0.2) is 47.4 Å². The first kappa shape index (κ1) is 17.1. The number of carbonyl (C=O) groups is 1. The zero-order valence-corrected chi connectivity index (χ0v) is 14.1. The van der Waals surface area contributed by atoms with Crippen LogP contribution in [0, 0.1) is 0 Å². The van der Waals surface area contributed by atoms with Crippen LogP contribution in [0.3, 0.4) is 0 Å². The van der Waals surface area contributed by atoms with Gasteiger partial charge in [-0.15, -0.1) is 0 Å². The first-order valence-electron chi connectivity index (χ1n) is 7.31. The number of anilines is 1. The lowest BCUT2D eigenvalue weighted by molar-refractivity contribution is -0.115. The summed E-state index contributed by atoms with van der Waals surface area (Å²) < 4.78 is 42.0. The van der Waals surface area contributed by atoms with Crippen molar-refractivity contribution in [2.24, 2.45) is 0 Å². The molecule has 0 saturated carbocycles. The molecule has 25 heavy (non-hydrogen) atoms. The van der Waals surface area contributed by atoms with Gasteiger partial charge in [0.05, 0.1) is 18.6 Å². The summed E-state index contributed by atoms with van der Waals surface area (Å²) in [4.78, 5) is 12.0. The number of rotatable bonds is 6. The highest BCUT2D eigenvalue weighted by Crippen LogP contribution is 2.34. The Labute approximate surface area is 144 Å². The van der Waals surface area contributed by atoms with Gasteiger partial charge in [0.15, 0.2) is 11.5 Å². The molecule has 0 saturated heterocycles. The third-order valence-electron chi connectivity index (χ3n) is 3.45. The van der Waals surface area contributed by atoms with Crippen LogP contribution in [-0.4, -0.2) is 34.8 Å². The monoisotopic (exact) mass is 364 g/mol. The Kier molecular flexibility index (Phi) is 4.77. The zero-order valence-electron chi connectivity index (χ0n) is 13.3. The summed E-state index contributed by atoms with van der Waals surface area (Å²) in [6.07, 6.45) is 0. The fraction of sp³-hybridized carbons (Fsp3) is 0.188. The summed E-state index contributed by atoms with van der Waals surface area (Å²) in [5, 5.41) is 2.59. The summed E-state index contributed by atoms with van der Waals surface area (Å²) in [6.45, 7) is -0.267. The normalized spacial score (nSPS) is 12.7. The smallest absolute Gasteiger partial charge is 0.241 e. The van der Waals surface area contributed by atoms with Gasteiger partial charge < -0.3 is 19.5 Å². The average Bonchev–Trinajstić information content (AvgIpc) is 3.08. The maximum atomic E-state index is 12.2. The molecule has 1 aliphatic heterocycles. The van der Waals surface area contributed by atoms with Gasteiger partial charge in [0.1, 0.15) is 5.75 Å². The number of benzene rings is 2. The number of amides is 1. The molecule has 8 nitrogen and oxygen atoms in total. The number of sulfonamides is 1. The van der Waals surface area contributed by atoms with E-state index in [2.05, 4.69) is 10.0 Å². The van der Waals surface area contributed by atoms with Crippen LogP contribution in [0.5, 0.6) is 17.2 Å². The number of methoxy groups -OCH3 is 1. The number of hydrogen-bond acceptors (Lipinski definition) is 6. The second-order valence-electron chi connectivity index (χ2n) is 5.12. The molecule has 0 radical (unpaired) electrons. The SMILES string of the molecule is COc1ccc(S(=O)(=O)NCC(=O)Nc2ccc3c(c2)OCO3)cc1. The number of fused-ring (bicyclic) bond motifs is 1. The van der Waals surface area contributed by atoms with Gasteiger partial charge in [-0.05, 0) is 36.4 Å². The topological polar surface area (TPSA) is 103 Å². The Morgan fingerprint density at radius 1 is 1.12 bits per heavy atom. The maximum Gasteiger partial charge on any atom is 0.241 e. The van der Waals surface area contributed by atoms with Crippen LogP contribution in [0.2, 0.25) is 0 Å². The molecular formula is C16H16N2O6S. The Morgan fingerprint density at radius 3 is 2.56 bits per heavy atom. The molecule has 2 aromatic carbocycles. The van der Waals surface area contributed by atoms with Gasteiger partial charge >= 0.3 is 0 Å². The highest BCUT2D eigenvalue weighted by atomic mass is 32.2. The van der Waals surface area contributed by atoms with E-state index in [1.165, 1.54) is 31.4 Å². The number of hydrogen-bond donors (Lipinski definition) is 2. The lowest BCUT2D eigenvalue weighted by Crippen LogP contribution is -2.32. The number of ether oxygens (including phenoxy) is 3. The molecule has 1 amide bonds. The second kappa shape index (κ2) is 6.99. The van der Waals surface area contributed by atoms with E-state index in [9.17, 15) is 13.2 Å². The third kappa shape index (κ3) is 4.01. The van der Waals surface area contributed by atoms with E-state index < -0.39 is 22.5 Å². The summed E-state index contributed by atoms with van der Waals surface area (Å²) in [5.74, 6) is 1.16. The molecule has 0 unspecified atom stereocenters. The quantitative estimate of drug-likeness (QED) is 0.802. The van der Waals surface area contributed by atoms with Gasteiger partial charge in [-0.1, -0.05) is 0 Å². The summed E-state index contributed by atoms with van der Waals surface area (Å²) in [5.41, 5.74) is 0.484. The van der Waals surface area contributed by atoms with Crippen LogP contribution in [0.25, 0.3) is 0 Å². The number of nitrogens with one attached hydrogen (secondary N) is 2. The average molecular weight is 364 g/mol. The van der Waals surface area contributed by atoms with E-state index in [1.54, 1.807) is 18.2 Å². The van der Waals surface area contributed by atoms with Crippen LogP contribution in [0.4, 0.5) is 5.69 Å². The summed E-state index contributed by atoms with van der Waals surface area (Å²) in [7, 11) is -2.30. The first-order chi connectivity index (χ1) is 12.0. The van der Waals surface area contributed by atoms with Gasteiger partial charge in [-0.25, -0.2) is 13.1 Å². The summed E-state index contributed by atoms with van der Waals surface area (Å²) in [6, 6.07) is 10.8.